The summed E-state index contributed by atoms with van der Waals surface area (Å²) in [5, 5.41) is 10.9. The summed E-state index contributed by atoms with van der Waals surface area (Å²) in [5.41, 5.74) is -0.608. The first-order chi connectivity index (χ1) is 9.12. The normalized spacial score (nSPS) is 18.1. The topological polar surface area (TPSA) is 79.9 Å². The van der Waals surface area contributed by atoms with E-state index in [1.165, 1.54) is 18.9 Å². The zero-order valence-corrected chi connectivity index (χ0v) is 12.3. The lowest BCUT2D eigenvalue weighted by Gasteiger charge is -2.31. The number of thioether (sulfide) groups is 1. The van der Waals surface area contributed by atoms with Gasteiger partial charge < -0.3 is 10.1 Å². The Kier molecular flexibility index (Phi) is 4.46. The lowest BCUT2D eigenvalue weighted by atomic mass is 9.95. The number of hydrogen-bond acceptors (Lipinski definition) is 6. The number of rotatable bonds is 7. The van der Waals surface area contributed by atoms with Crippen molar-refractivity contribution in [2.45, 2.75) is 37.4 Å². The molecule has 1 atom stereocenters. The van der Waals surface area contributed by atoms with Crippen LogP contribution in [-0.4, -0.2) is 46.1 Å². The molecule has 0 radical (unpaired) electrons. The Balaban J connectivity index is 2.10. The highest BCUT2D eigenvalue weighted by atomic mass is 32.2. The average Bonchev–Trinajstić information content (AvgIpc) is 3.17. The fourth-order valence-corrected chi connectivity index (χ4v) is 3.37. The van der Waals surface area contributed by atoms with Crippen molar-refractivity contribution in [2.24, 2.45) is 5.92 Å². The van der Waals surface area contributed by atoms with Crippen molar-refractivity contribution in [1.29, 1.82) is 0 Å². The van der Waals surface area contributed by atoms with E-state index in [9.17, 15) is 4.79 Å². The van der Waals surface area contributed by atoms with Crippen LogP contribution in [0.5, 0.6) is 0 Å². The van der Waals surface area contributed by atoms with Crippen molar-refractivity contribution in [3.63, 3.8) is 0 Å². The largest absolute Gasteiger partial charge is 0.468 e. The third kappa shape index (κ3) is 3.09. The molecule has 0 aliphatic heterocycles. The summed E-state index contributed by atoms with van der Waals surface area (Å²) >= 11 is 1.48. The van der Waals surface area contributed by atoms with E-state index in [0.717, 1.165) is 25.2 Å². The molecule has 0 aromatic carbocycles. The van der Waals surface area contributed by atoms with Crippen molar-refractivity contribution in [2.75, 3.05) is 19.4 Å². The molecule has 1 aromatic heterocycles. The first-order valence-electron chi connectivity index (χ1n) is 6.47. The number of H-pyrrole nitrogens is 1. The maximum Gasteiger partial charge on any atom is 0.327 e. The second-order valence-electron chi connectivity index (χ2n) is 4.76. The second-order valence-corrected chi connectivity index (χ2v) is 5.70. The highest BCUT2D eigenvalue weighted by Crippen LogP contribution is 2.42. The van der Waals surface area contributed by atoms with Gasteiger partial charge in [0.25, 0.3) is 0 Å². The van der Waals surface area contributed by atoms with Gasteiger partial charge >= 0.3 is 5.97 Å². The summed E-state index contributed by atoms with van der Waals surface area (Å²) in [7, 11) is 1.44. The molecule has 19 heavy (non-hydrogen) atoms. The number of hydrogen-bond donors (Lipinski definition) is 2. The zero-order chi connectivity index (χ0) is 13.9. The molecule has 2 N–H and O–H groups in total. The molecule has 1 aromatic rings. The first kappa shape index (κ1) is 14.3. The number of esters is 1. The number of ether oxygens (including phenoxy) is 1. The van der Waals surface area contributed by atoms with Gasteiger partial charge in [0.05, 0.1) is 7.11 Å². The maximum absolute atomic E-state index is 12.2. The number of likely N-dealkylation sites (N-methyl/N-ethyl adjacent to an activating group) is 1. The summed E-state index contributed by atoms with van der Waals surface area (Å²) in [6, 6.07) is 0. The van der Waals surface area contributed by atoms with E-state index in [0.29, 0.717) is 16.8 Å². The van der Waals surface area contributed by atoms with Gasteiger partial charge in [0.1, 0.15) is 11.4 Å². The van der Waals surface area contributed by atoms with E-state index in [2.05, 4.69) is 20.5 Å². The molecule has 1 aliphatic rings. The number of aryl methyl sites for hydroxylation is 1. The van der Waals surface area contributed by atoms with Crippen LogP contribution in [0.1, 0.15) is 25.6 Å². The summed E-state index contributed by atoms with van der Waals surface area (Å²) in [6.07, 6.45) is 2.13. The summed E-state index contributed by atoms with van der Waals surface area (Å²) in [4.78, 5) is 16.4. The molecule has 0 saturated heterocycles. The van der Waals surface area contributed by atoms with Gasteiger partial charge in [0, 0.05) is 5.75 Å². The van der Waals surface area contributed by atoms with Crippen LogP contribution in [0.2, 0.25) is 0 Å². The molecule has 0 amide bonds. The Morgan fingerprint density at radius 2 is 2.37 bits per heavy atom. The molecule has 0 bridgehead atoms. The van der Waals surface area contributed by atoms with E-state index in [-0.39, 0.29) is 5.97 Å². The SMILES string of the molecule is CCNC(CSc1n[nH]c(C)n1)(C(=O)OC)C1CC1. The van der Waals surface area contributed by atoms with Gasteiger partial charge in [-0.2, -0.15) is 0 Å². The Hall–Kier alpha value is -1.08. The average molecular weight is 284 g/mol. The predicted molar refractivity (Wildman–Crippen MR) is 73.0 cm³/mol. The third-order valence-corrected chi connectivity index (χ3v) is 4.36. The van der Waals surface area contributed by atoms with Crippen LogP contribution in [0, 0.1) is 12.8 Å². The van der Waals surface area contributed by atoms with Crippen LogP contribution in [0.25, 0.3) is 0 Å². The molecular weight excluding hydrogens is 264 g/mol. The van der Waals surface area contributed by atoms with E-state index in [1.807, 2.05) is 13.8 Å². The molecule has 1 aliphatic carbocycles. The lowest BCUT2D eigenvalue weighted by Crippen LogP contribution is -2.56. The Bertz CT molecular complexity index is 447. The van der Waals surface area contributed by atoms with Gasteiger partial charge in [0.15, 0.2) is 0 Å². The van der Waals surface area contributed by atoms with Crippen LogP contribution < -0.4 is 5.32 Å². The summed E-state index contributed by atoms with van der Waals surface area (Å²) in [5.74, 6) is 1.54. The summed E-state index contributed by atoms with van der Waals surface area (Å²) in [6.45, 7) is 4.59. The minimum absolute atomic E-state index is 0.184. The lowest BCUT2D eigenvalue weighted by molar-refractivity contribution is -0.148. The molecule has 6 nitrogen and oxygen atoms in total. The van der Waals surface area contributed by atoms with Crippen molar-refractivity contribution >= 4 is 17.7 Å². The molecule has 1 unspecified atom stereocenters. The monoisotopic (exact) mass is 284 g/mol. The Labute approximate surface area is 117 Å². The molecule has 1 fully saturated rings. The smallest absolute Gasteiger partial charge is 0.327 e. The highest BCUT2D eigenvalue weighted by molar-refractivity contribution is 7.99. The van der Waals surface area contributed by atoms with E-state index in [1.54, 1.807) is 0 Å². The number of nitrogens with one attached hydrogen (secondary N) is 2. The zero-order valence-electron chi connectivity index (χ0n) is 11.5. The van der Waals surface area contributed by atoms with Crippen LogP contribution in [-0.2, 0) is 9.53 Å². The van der Waals surface area contributed by atoms with Crippen LogP contribution in [0.3, 0.4) is 0 Å². The van der Waals surface area contributed by atoms with Crippen LogP contribution >= 0.6 is 11.8 Å². The summed E-state index contributed by atoms with van der Waals surface area (Å²) < 4.78 is 5.00. The molecule has 7 heteroatoms. The molecular formula is C12H20N4O2S. The third-order valence-electron chi connectivity index (χ3n) is 3.32. The van der Waals surface area contributed by atoms with Gasteiger partial charge in [-0.05, 0) is 32.2 Å². The number of aromatic nitrogens is 3. The van der Waals surface area contributed by atoms with Crippen LogP contribution in [0.4, 0.5) is 0 Å². The molecule has 0 spiro atoms. The Morgan fingerprint density at radius 3 is 2.84 bits per heavy atom. The fourth-order valence-electron chi connectivity index (χ4n) is 2.25. The first-order valence-corrected chi connectivity index (χ1v) is 7.46. The number of carbonyl (C=O) groups is 1. The number of nitrogens with zero attached hydrogens (tertiary/aromatic N) is 2. The quantitative estimate of drug-likeness (QED) is 0.577. The standard InChI is InChI=1S/C12H20N4O2S/c1-4-13-12(9-5-6-9,10(17)18-3)7-19-11-14-8(2)15-16-11/h9,13H,4-7H2,1-3H3,(H,14,15,16). The van der Waals surface area contributed by atoms with Crippen molar-refractivity contribution in [1.82, 2.24) is 20.5 Å². The molecule has 1 heterocycles. The van der Waals surface area contributed by atoms with Crippen molar-refractivity contribution < 1.29 is 9.53 Å². The maximum atomic E-state index is 12.2. The van der Waals surface area contributed by atoms with Gasteiger partial charge in [-0.25, -0.2) is 4.98 Å². The molecule has 1 saturated carbocycles. The van der Waals surface area contributed by atoms with Gasteiger partial charge in [-0.3, -0.25) is 9.89 Å². The van der Waals surface area contributed by atoms with E-state index >= 15 is 0 Å². The van der Waals surface area contributed by atoms with E-state index < -0.39 is 5.54 Å². The number of carbonyl (C=O) groups excluding carboxylic acids is 1. The minimum Gasteiger partial charge on any atom is -0.468 e. The fraction of sp³-hybridized carbons (Fsp3) is 0.750. The predicted octanol–water partition coefficient (Wildman–Crippen LogP) is 1.14. The van der Waals surface area contributed by atoms with Gasteiger partial charge in [-0.15, -0.1) is 5.10 Å². The highest BCUT2D eigenvalue weighted by Gasteiger charge is 2.51. The Morgan fingerprint density at radius 1 is 1.63 bits per heavy atom. The van der Waals surface area contributed by atoms with Crippen molar-refractivity contribution in [3.05, 3.63) is 5.82 Å². The minimum atomic E-state index is -0.608. The van der Waals surface area contributed by atoms with Crippen molar-refractivity contribution in [3.8, 4) is 0 Å². The number of methoxy groups -OCH3 is 1. The molecule has 2 rings (SSSR count). The van der Waals surface area contributed by atoms with Gasteiger partial charge in [-0.1, -0.05) is 18.7 Å². The van der Waals surface area contributed by atoms with Gasteiger partial charge in [0.2, 0.25) is 5.16 Å². The second kappa shape index (κ2) is 5.92. The number of aromatic amines is 1. The van der Waals surface area contributed by atoms with Crippen LogP contribution in [0.15, 0.2) is 5.16 Å². The molecule has 106 valence electrons. The van der Waals surface area contributed by atoms with E-state index in [4.69, 9.17) is 4.74 Å².